The predicted octanol–water partition coefficient (Wildman–Crippen LogP) is -1.16. The third-order valence-corrected chi connectivity index (χ3v) is 5.01. The summed E-state index contributed by atoms with van der Waals surface area (Å²) in [6.45, 7) is 1.26. The molecule has 2 aliphatic rings. The monoisotopic (exact) mass is 351 g/mol. The van der Waals surface area contributed by atoms with Crippen molar-refractivity contribution in [3.63, 3.8) is 0 Å². The first-order valence-corrected chi connectivity index (χ1v) is 8.27. The number of hydrogen-bond donors (Lipinski definition) is 3. The second-order valence-corrected chi connectivity index (χ2v) is 6.67. The van der Waals surface area contributed by atoms with Crippen LogP contribution in [0.5, 0.6) is 0 Å². The van der Waals surface area contributed by atoms with Gasteiger partial charge in [-0.2, -0.15) is 4.57 Å². The van der Waals surface area contributed by atoms with Crippen LogP contribution in [0.1, 0.15) is 37.6 Å². The maximum absolute atomic E-state index is 11.7. The van der Waals surface area contributed by atoms with Gasteiger partial charge in [0.25, 0.3) is 6.23 Å². The predicted molar refractivity (Wildman–Crippen MR) is 84.0 cm³/mol. The molecule has 1 aromatic heterocycles. The molecule has 136 valence electrons. The number of aliphatic hydroxyl groups excluding tert-OH is 3. The first-order valence-electron chi connectivity index (χ1n) is 8.27. The molecule has 0 aliphatic carbocycles. The summed E-state index contributed by atoms with van der Waals surface area (Å²) in [6, 6.07) is 3.56. The van der Waals surface area contributed by atoms with Crippen LogP contribution in [0.4, 0.5) is 0 Å². The minimum atomic E-state index is -1.50. The molecule has 0 bridgehead atoms. The Balaban J connectivity index is 1.89. The largest absolute Gasteiger partial charge is 0.387 e. The van der Waals surface area contributed by atoms with Gasteiger partial charge in [0.1, 0.15) is 12.2 Å². The molecular weight excluding hydrogens is 328 g/mol. The summed E-state index contributed by atoms with van der Waals surface area (Å²) in [4.78, 5) is 25.1. The van der Waals surface area contributed by atoms with Gasteiger partial charge in [-0.05, 0) is 19.4 Å². The number of ether oxygens (including phenoxy) is 1. The molecule has 6 atom stereocenters. The summed E-state index contributed by atoms with van der Waals surface area (Å²) in [5.74, 6) is -0.356. The number of amides is 1. The molecule has 0 aromatic carbocycles. The van der Waals surface area contributed by atoms with E-state index in [1.54, 1.807) is 35.0 Å². The number of hydrogen-bond acceptors (Lipinski definition) is 6. The van der Waals surface area contributed by atoms with E-state index in [0.717, 1.165) is 5.56 Å². The van der Waals surface area contributed by atoms with Crippen LogP contribution in [0.2, 0.25) is 0 Å². The summed E-state index contributed by atoms with van der Waals surface area (Å²) in [6.07, 6.45) is -2.05. The molecular formula is C17H23N2O6+. The Kier molecular flexibility index (Phi) is 4.88. The van der Waals surface area contributed by atoms with Crippen molar-refractivity contribution in [1.29, 1.82) is 0 Å². The Morgan fingerprint density at radius 2 is 2.00 bits per heavy atom. The second kappa shape index (κ2) is 6.80. The zero-order valence-corrected chi connectivity index (χ0v) is 14.1. The van der Waals surface area contributed by atoms with Crippen molar-refractivity contribution < 1.29 is 34.2 Å². The topological polar surface area (TPSA) is 111 Å². The van der Waals surface area contributed by atoms with Gasteiger partial charge in [0.05, 0.1) is 6.04 Å². The minimum Gasteiger partial charge on any atom is -0.387 e. The molecule has 0 radical (unpaired) electrons. The van der Waals surface area contributed by atoms with E-state index in [2.05, 4.69) is 0 Å². The van der Waals surface area contributed by atoms with Crippen LogP contribution in [-0.2, 0) is 14.3 Å². The van der Waals surface area contributed by atoms with Crippen molar-refractivity contribution in [2.45, 2.75) is 56.5 Å². The number of aromatic nitrogens is 1. The lowest BCUT2D eigenvalue weighted by Gasteiger charge is -2.36. The van der Waals surface area contributed by atoms with Gasteiger partial charge in [0, 0.05) is 25.1 Å². The van der Waals surface area contributed by atoms with Gasteiger partial charge in [0.2, 0.25) is 5.91 Å². The van der Waals surface area contributed by atoms with Crippen LogP contribution in [-0.4, -0.2) is 63.4 Å². The van der Waals surface area contributed by atoms with Crippen LogP contribution in [0, 0.1) is 0 Å². The van der Waals surface area contributed by atoms with E-state index in [9.17, 15) is 24.9 Å². The van der Waals surface area contributed by atoms with Crippen molar-refractivity contribution in [3.8, 4) is 0 Å². The Bertz CT molecular complexity index is 681. The lowest BCUT2D eigenvalue weighted by atomic mass is 9.95. The van der Waals surface area contributed by atoms with Crippen LogP contribution in [0.15, 0.2) is 24.5 Å². The van der Waals surface area contributed by atoms with Crippen LogP contribution in [0.25, 0.3) is 0 Å². The lowest BCUT2D eigenvalue weighted by molar-refractivity contribution is -0.777. The highest BCUT2D eigenvalue weighted by molar-refractivity contribution is 5.81. The first kappa shape index (κ1) is 17.9. The van der Waals surface area contributed by atoms with Gasteiger partial charge >= 0.3 is 0 Å². The number of Topliss-reactive ketones (excluding diaryl/α,β-unsaturated/α-hetero) is 1. The maximum atomic E-state index is 11.7. The fourth-order valence-electron chi connectivity index (χ4n) is 3.51. The molecule has 3 heterocycles. The van der Waals surface area contributed by atoms with E-state index in [4.69, 9.17) is 4.74 Å². The van der Waals surface area contributed by atoms with Crippen LogP contribution >= 0.6 is 0 Å². The van der Waals surface area contributed by atoms with E-state index in [0.29, 0.717) is 12.8 Å². The molecule has 3 N–H and O–H groups in total. The normalized spacial score (nSPS) is 35.9. The number of ketones is 1. The van der Waals surface area contributed by atoms with Gasteiger partial charge in [-0.3, -0.25) is 9.59 Å². The second-order valence-electron chi connectivity index (χ2n) is 6.67. The fraction of sp³-hybridized carbons (Fsp3) is 0.588. The molecule has 8 nitrogen and oxygen atoms in total. The van der Waals surface area contributed by atoms with Gasteiger partial charge in [-0.1, -0.05) is 0 Å². The van der Waals surface area contributed by atoms with Crippen molar-refractivity contribution >= 4 is 11.7 Å². The highest BCUT2D eigenvalue weighted by Gasteiger charge is 2.50. The van der Waals surface area contributed by atoms with Crippen LogP contribution in [0.3, 0.4) is 0 Å². The molecule has 2 saturated heterocycles. The summed E-state index contributed by atoms with van der Waals surface area (Å²) < 4.78 is 7.12. The number of rotatable bonds is 3. The van der Waals surface area contributed by atoms with Gasteiger partial charge in [-0.15, -0.1) is 0 Å². The molecule has 8 heteroatoms. The zero-order valence-electron chi connectivity index (χ0n) is 14.1. The third-order valence-electron chi connectivity index (χ3n) is 5.01. The molecule has 0 saturated carbocycles. The average molecular weight is 351 g/mol. The molecule has 1 amide bonds. The smallest absolute Gasteiger partial charge is 0.292 e. The summed E-state index contributed by atoms with van der Waals surface area (Å²) >= 11 is 0. The van der Waals surface area contributed by atoms with E-state index in [1.165, 1.54) is 6.92 Å². The van der Waals surface area contributed by atoms with E-state index >= 15 is 0 Å². The Hall–Kier alpha value is -1.87. The SMILES string of the molecule is CC(=O)[C@H]1OC([n+]2cccc([C@@H]3CCC(=O)N3C)c2)[C@H](O)[C@@H](O)[C@@H]1O. The highest BCUT2D eigenvalue weighted by atomic mass is 16.6. The van der Waals surface area contributed by atoms with Crippen molar-refractivity contribution in [1.82, 2.24) is 4.90 Å². The first-order chi connectivity index (χ1) is 11.8. The quantitative estimate of drug-likeness (QED) is 0.592. The summed E-state index contributed by atoms with van der Waals surface area (Å²) in [5.41, 5.74) is 0.867. The Morgan fingerprint density at radius 1 is 1.28 bits per heavy atom. The lowest BCUT2D eigenvalue weighted by Crippen LogP contribution is -2.63. The van der Waals surface area contributed by atoms with E-state index in [-0.39, 0.29) is 11.9 Å². The van der Waals surface area contributed by atoms with E-state index in [1.807, 2.05) is 6.07 Å². The van der Waals surface area contributed by atoms with Crippen molar-refractivity contribution in [2.75, 3.05) is 7.05 Å². The van der Waals surface area contributed by atoms with Crippen molar-refractivity contribution in [3.05, 3.63) is 30.1 Å². The maximum Gasteiger partial charge on any atom is 0.292 e. The van der Waals surface area contributed by atoms with Gasteiger partial charge in [-0.25, -0.2) is 0 Å². The van der Waals surface area contributed by atoms with Crippen LogP contribution < -0.4 is 4.57 Å². The Labute approximate surface area is 145 Å². The number of aliphatic hydroxyl groups is 3. The fourth-order valence-corrected chi connectivity index (χ4v) is 3.51. The van der Waals surface area contributed by atoms with E-state index < -0.39 is 36.4 Å². The average Bonchev–Trinajstić information content (AvgIpc) is 2.92. The third kappa shape index (κ3) is 3.18. The van der Waals surface area contributed by atoms with Crippen molar-refractivity contribution in [2.24, 2.45) is 0 Å². The number of likely N-dealkylation sites (tertiary alicyclic amines) is 1. The molecule has 0 spiro atoms. The van der Waals surface area contributed by atoms with Gasteiger partial charge in [0.15, 0.2) is 30.4 Å². The number of carbonyl (C=O) groups excluding carboxylic acids is 2. The molecule has 25 heavy (non-hydrogen) atoms. The molecule has 1 aromatic rings. The summed E-state index contributed by atoms with van der Waals surface area (Å²) in [5, 5.41) is 30.3. The number of pyridine rings is 1. The summed E-state index contributed by atoms with van der Waals surface area (Å²) in [7, 11) is 1.75. The standard InChI is InChI=1S/C17H23N2O6/c1-9(20)16-14(23)13(22)15(24)17(25-16)19-7-3-4-10(8-19)11-5-6-12(21)18(11)2/h3-4,7-8,11,13-17,22-24H,5-6H2,1-2H3/q+1/t11-,13-,14-,15+,16+,17?/m0/s1. The molecule has 1 unspecified atom stereocenters. The highest BCUT2D eigenvalue weighted by Crippen LogP contribution is 2.31. The van der Waals surface area contributed by atoms with Gasteiger partial charge < -0.3 is 25.0 Å². The molecule has 3 rings (SSSR count). The molecule has 2 aliphatic heterocycles. The number of carbonyl (C=O) groups is 2. The minimum absolute atomic E-state index is 0.0696. The zero-order chi connectivity index (χ0) is 18.3. The number of nitrogens with zero attached hydrogens (tertiary/aromatic N) is 2. The Morgan fingerprint density at radius 3 is 2.60 bits per heavy atom. The molecule has 2 fully saturated rings.